The molecule has 1 aliphatic carbocycles. The first-order chi connectivity index (χ1) is 10.3. The fourth-order valence-electron chi connectivity index (χ4n) is 3.26. The van der Waals surface area contributed by atoms with Crippen molar-refractivity contribution in [2.45, 2.75) is 38.1 Å². The Bertz CT molecular complexity index is 745. The van der Waals surface area contributed by atoms with E-state index in [0.717, 1.165) is 0 Å². The van der Waals surface area contributed by atoms with Gasteiger partial charge < -0.3 is 5.73 Å². The first-order valence-electron chi connectivity index (χ1n) is 7.66. The van der Waals surface area contributed by atoms with Gasteiger partial charge in [-0.3, -0.25) is 0 Å². The normalized spacial score (nSPS) is 16.6. The highest BCUT2D eigenvalue weighted by atomic mass is 32.1. The average Bonchev–Trinajstić information content (AvgIpc) is 3.08. The lowest BCUT2D eigenvalue weighted by molar-refractivity contribution is 0.712. The Kier molecular flexibility index (Phi) is 3.57. The van der Waals surface area contributed by atoms with E-state index in [1.807, 2.05) is 11.3 Å². The SMILES string of the molecule is NC(c1cc2c(s1)CCCCC2)c1cccc2ccsc12. The number of hydrogen-bond donors (Lipinski definition) is 1. The second-order valence-corrected chi connectivity index (χ2v) is 7.91. The summed E-state index contributed by atoms with van der Waals surface area (Å²) in [5.74, 6) is 0. The van der Waals surface area contributed by atoms with Crippen LogP contribution in [-0.2, 0) is 12.8 Å². The molecule has 0 aliphatic heterocycles. The maximum atomic E-state index is 6.61. The smallest absolute Gasteiger partial charge is 0.0660 e. The van der Waals surface area contributed by atoms with Gasteiger partial charge in [-0.15, -0.1) is 22.7 Å². The molecule has 2 heterocycles. The van der Waals surface area contributed by atoms with Crippen molar-refractivity contribution in [3.63, 3.8) is 0 Å². The van der Waals surface area contributed by atoms with Crippen LogP contribution in [0.3, 0.4) is 0 Å². The van der Waals surface area contributed by atoms with Gasteiger partial charge in [-0.25, -0.2) is 0 Å². The Morgan fingerprint density at radius 1 is 1.05 bits per heavy atom. The minimum absolute atomic E-state index is 0.0178. The predicted molar refractivity (Wildman–Crippen MR) is 93.4 cm³/mol. The van der Waals surface area contributed by atoms with E-state index in [9.17, 15) is 0 Å². The molecule has 0 saturated heterocycles. The summed E-state index contributed by atoms with van der Waals surface area (Å²) in [6, 6.07) is 11.1. The quantitative estimate of drug-likeness (QED) is 0.640. The molecule has 0 fully saturated rings. The summed E-state index contributed by atoms with van der Waals surface area (Å²) in [5, 5.41) is 3.47. The van der Waals surface area contributed by atoms with Crippen molar-refractivity contribution in [2.24, 2.45) is 5.73 Å². The molecule has 108 valence electrons. The molecule has 1 nitrogen and oxygen atoms in total. The van der Waals surface area contributed by atoms with Gasteiger partial charge in [0.25, 0.3) is 0 Å². The van der Waals surface area contributed by atoms with Gasteiger partial charge in [0.1, 0.15) is 0 Å². The van der Waals surface area contributed by atoms with E-state index in [2.05, 4.69) is 35.7 Å². The van der Waals surface area contributed by atoms with Crippen LogP contribution in [0.25, 0.3) is 10.1 Å². The van der Waals surface area contributed by atoms with Crippen molar-refractivity contribution in [3.05, 3.63) is 56.6 Å². The lowest BCUT2D eigenvalue weighted by Crippen LogP contribution is -2.10. The molecular weight excluding hydrogens is 294 g/mol. The lowest BCUT2D eigenvalue weighted by Gasteiger charge is -2.11. The highest BCUT2D eigenvalue weighted by molar-refractivity contribution is 7.17. The Labute approximate surface area is 133 Å². The molecule has 1 atom stereocenters. The Balaban J connectivity index is 1.74. The van der Waals surface area contributed by atoms with Crippen LogP contribution in [0.2, 0.25) is 0 Å². The third-order valence-corrected chi connectivity index (χ3v) is 6.72. The van der Waals surface area contributed by atoms with E-state index >= 15 is 0 Å². The van der Waals surface area contributed by atoms with E-state index in [1.165, 1.54) is 52.6 Å². The largest absolute Gasteiger partial charge is 0.320 e. The average molecular weight is 313 g/mol. The van der Waals surface area contributed by atoms with E-state index in [-0.39, 0.29) is 6.04 Å². The molecule has 2 N–H and O–H groups in total. The highest BCUT2D eigenvalue weighted by Gasteiger charge is 2.19. The molecule has 2 aromatic heterocycles. The van der Waals surface area contributed by atoms with Crippen LogP contribution in [0.5, 0.6) is 0 Å². The van der Waals surface area contributed by atoms with Crippen LogP contribution in [0.15, 0.2) is 35.7 Å². The molecule has 1 unspecified atom stereocenters. The molecule has 0 spiro atoms. The summed E-state index contributed by atoms with van der Waals surface area (Å²) in [5.41, 5.74) is 9.44. The van der Waals surface area contributed by atoms with Crippen LogP contribution >= 0.6 is 22.7 Å². The summed E-state index contributed by atoms with van der Waals surface area (Å²) < 4.78 is 1.34. The highest BCUT2D eigenvalue weighted by Crippen LogP contribution is 2.37. The van der Waals surface area contributed by atoms with E-state index in [1.54, 1.807) is 21.8 Å². The fourth-order valence-corrected chi connectivity index (χ4v) is 5.49. The van der Waals surface area contributed by atoms with Crippen LogP contribution in [0.4, 0.5) is 0 Å². The monoisotopic (exact) mass is 313 g/mol. The zero-order chi connectivity index (χ0) is 14.2. The van der Waals surface area contributed by atoms with Gasteiger partial charge >= 0.3 is 0 Å². The number of rotatable bonds is 2. The van der Waals surface area contributed by atoms with Crippen molar-refractivity contribution in [2.75, 3.05) is 0 Å². The summed E-state index contributed by atoms with van der Waals surface area (Å²) >= 11 is 3.74. The molecule has 3 heteroatoms. The van der Waals surface area contributed by atoms with E-state index in [4.69, 9.17) is 5.73 Å². The molecule has 21 heavy (non-hydrogen) atoms. The number of hydrogen-bond acceptors (Lipinski definition) is 3. The second-order valence-electron chi connectivity index (χ2n) is 5.82. The minimum Gasteiger partial charge on any atom is -0.320 e. The van der Waals surface area contributed by atoms with Gasteiger partial charge in [-0.05, 0) is 59.7 Å². The van der Waals surface area contributed by atoms with Crippen LogP contribution in [0.1, 0.15) is 46.2 Å². The number of benzene rings is 1. The van der Waals surface area contributed by atoms with Gasteiger partial charge in [0.05, 0.1) is 6.04 Å². The van der Waals surface area contributed by atoms with Crippen LogP contribution in [0, 0.1) is 0 Å². The van der Waals surface area contributed by atoms with Crippen LogP contribution < -0.4 is 5.73 Å². The second kappa shape index (κ2) is 5.56. The molecule has 1 aromatic carbocycles. The van der Waals surface area contributed by atoms with E-state index < -0.39 is 0 Å². The molecule has 0 radical (unpaired) electrons. The van der Waals surface area contributed by atoms with Gasteiger partial charge in [-0.2, -0.15) is 0 Å². The minimum atomic E-state index is 0.0178. The summed E-state index contributed by atoms with van der Waals surface area (Å²) in [4.78, 5) is 2.92. The molecule has 0 amide bonds. The van der Waals surface area contributed by atoms with Crippen molar-refractivity contribution >= 4 is 32.8 Å². The molecule has 0 bridgehead atoms. The van der Waals surface area contributed by atoms with Crippen molar-refractivity contribution in [1.82, 2.24) is 0 Å². The van der Waals surface area contributed by atoms with Crippen molar-refractivity contribution < 1.29 is 0 Å². The van der Waals surface area contributed by atoms with Gasteiger partial charge in [0.15, 0.2) is 0 Å². The third-order valence-electron chi connectivity index (χ3n) is 4.42. The van der Waals surface area contributed by atoms with E-state index in [0.29, 0.717) is 0 Å². The summed E-state index contributed by atoms with van der Waals surface area (Å²) in [6.07, 6.45) is 6.52. The number of fused-ring (bicyclic) bond motifs is 2. The van der Waals surface area contributed by atoms with Gasteiger partial charge in [0, 0.05) is 14.5 Å². The zero-order valence-corrected chi connectivity index (χ0v) is 13.6. The standard InChI is InChI=1S/C18H19NS2/c19-17(14-7-4-6-12-9-10-20-18(12)14)16-11-13-5-2-1-3-8-15(13)21-16/h4,6-7,9-11,17H,1-3,5,8,19H2. The maximum absolute atomic E-state index is 6.61. The molecule has 3 aromatic rings. The third kappa shape index (κ3) is 2.44. The van der Waals surface area contributed by atoms with Gasteiger partial charge in [0.2, 0.25) is 0 Å². The first kappa shape index (κ1) is 13.5. The maximum Gasteiger partial charge on any atom is 0.0660 e. The van der Waals surface area contributed by atoms with Crippen LogP contribution in [-0.4, -0.2) is 0 Å². The molecule has 1 aliphatic rings. The fraction of sp³-hybridized carbons (Fsp3) is 0.333. The topological polar surface area (TPSA) is 26.0 Å². The lowest BCUT2D eigenvalue weighted by atomic mass is 10.0. The number of nitrogens with two attached hydrogens (primary N) is 1. The Morgan fingerprint density at radius 2 is 1.95 bits per heavy atom. The number of aryl methyl sites for hydroxylation is 2. The molecule has 0 saturated carbocycles. The predicted octanol–water partition coefficient (Wildman–Crippen LogP) is 5.28. The van der Waals surface area contributed by atoms with Gasteiger partial charge in [-0.1, -0.05) is 24.6 Å². The summed E-state index contributed by atoms with van der Waals surface area (Å²) in [6.45, 7) is 0. The number of thiophene rings is 2. The molecule has 4 rings (SSSR count). The summed E-state index contributed by atoms with van der Waals surface area (Å²) in [7, 11) is 0. The van der Waals surface area contributed by atoms with Crippen molar-refractivity contribution in [3.8, 4) is 0 Å². The van der Waals surface area contributed by atoms with Crippen molar-refractivity contribution in [1.29, 1.82) is 0 Å². The Morgan fingerprint density at radius 3 is 2.90 bits per heavy atom. The zero-order valence-electron chi connectivity index (χ0n) is 12.0. The Hall–Kier alpha value is -1.16. The molecular formula is C18H19NS2. The first-order valence-corrected chi connectivity index (χ1v) is 9.36.